The highest BCUT2D eigenvalue weighted by Gasteiger charge is 2.02. The zero-order chi connectivity index (χ0) is 9.68. The van der Waals surface area contributed by atoms with Crippen LogP contribution in [-0.4, -0.2) is 24.2 Å². The van der Waals surface area contributed by atoms with Gasteiger partial charge in [0, 0.05) is 12.1 Å². The summed E-state index contributed by atoms with van der Waals surface area (Å²) in [6, 6.07) is 6.26. The third kappa shape index (κ3) is 2.76. The monoisotopic (exact) mass is 179 g/mol. The lowest BCUT2D eigenvalue weighted by Crippen LogP contribution is -2.26. The molecular weight excluding hydrogens is 168 g/mol. The molecule has 0 aliphatic rings. The van der Waals surface area contributed by atoms with Crippen molar-refractivity contribution in [1.82, 2.24) is 11.1 Å². The van der Waals surface area contributed by atoms with Gasteiger partial charge in [0.15, 0.2) is 0 Å². The van der Waals surface area contributed by atoms with Gasteiger partial charge in [-0.25, -0.2) is 0 Å². The first-order chi connectivity index (χ1) is 6.24. The van der Waals surface area contributed by atoms with Crippen LogP contribution >= 0.6 is 0 Å². The predicted octanol–water partition coefficient (Wildman–Crippen LogP) is 0.323. The molecule has 69 valence electrons. The van der Waals surface area contributed by atoms with Gasteiger partial charge in [-0.15, -0.1) is 0 Å². The number of hydrogen-bond acceptors (Lipinski definition) is 2. The van der Waals surface area contributed by atoms with Crippen LogP contribution in [0.1, 0.15) is 10.4 Å². The van der Waals surface area contributed by atoms with E-state index in [0.29, 0.717) is 11.3 Å². The Morgan fingerprint density at radius 1 is 1.38 bits per heavy atom. The molecule has 4 nitrogen and oxygen atoms in total. The summed E-state index contributed by atoms with van der Waals surface area (Å²) >= 11 is 0. The molecule has 1 aromatic carbocycles. The fraction of sp³-hybridized carbons (Fsp3) is 0.222. The van der Waals surface area contributed by atoms with Crippen LogP contribution in [0, 0.1) is 0 Å². The van der Waals surface area contributed by atoms with Gasteiger partial charge in [0.1, 0.15) is 0 Å². The molecular formula is C9H11N2O2. The maximum absolute atomic E-state index is 11.2. The Kier molecular flexibility index (Phi) is 3.28. The Morgan fingerprint density at radius 2 is 2.00 bits per heavy atom. The second kappa shape index (κ2) is 4.47. The third-order valence-corrected chi connectivity index (χ3v) is 1.54. The van der Waals surface area contributed by atoms with Crippen molar-refractivity contribution in [3.05, 3.63) is 29.8 Å². The van der Waals surface area contributed by atoms with E-state index in [1.54, 1.807) is 24.3 Å². The molecule has 0 aliphatic carbocycles. The Balaban J connectivity index is 2.61. The molecule has 0 saturated carbocycles. The molecule has 1 amide bonds. The molecule has 1 radical (unpaired) electrons. The molecule has 13 heavy (non-hydrogen) atoms. The zero-order valence-corrected chi connectivity index (χ0v) is 7.08. The van der Waals surface area contributed by atoms with E-state index >= 15 is 0 Å². The lowest BCUT2D eigenvalue weighted by molar-refractivity contribution is 0.0945. The minimum absolute atomic E-state index is 0.0672. The topological polar surface area (TPSA) is 73.1 Å². The Bertz CT molecular complexity index is 282. The maximum Gasteiger partial charge on any atom is 0.251 e. The van der Waals surface area contributed by atoms with Crippen molar-refractivity contribution >= 4 is 11.6 Å². The smallest absolute Gasteiger partial charge is 0.251 e. The second-order valence-corrected chi connectivity index (χ2v) is 2.56. The quantitative estimate of drug-likeness (QED) is 0.701. The molecule has 0 heterocycles. The van der Waals surface area contributed by atoms with Gasteiger partial charge in [-0.3, -0.25) is 4.79 Å². The largest absolute Gasteiger partial charge is 0.395 e. The average Bonchev–Trinajstić information content (AvgIpc) is 2.15. The number of carbonyl (C=O) groups excluding carboxylic acids is 1. The number of amides is 1. The van der Waals surface area contributed by atoms with Crippen LogP contribution in [-0.2, 0) is 0 Å². The van der Waals surface area contributed by atoms with Crippen molar-refractivity contribution in [2.75, 3.05) is 13.2 Å². The summed E-state index contributed by atoms with van der Waals surface area (Å²) in [6.45, 7) is 0.184. The molecule has 0 aliphatic heterocycles. The molecule has 0 spiro atoms. The van der Waals surface area contributed by atoms with Crippen LogP contribution in [0.3, 0.4) is 0 Å². The number of benzene rings is 1. The van der Waals surface area contributed by atoms with Crippen molar-refractivity contribution in [2.24, 2.45) is 0 Å². The molecule has 3 N–H and O–H groups in total. The predicted molar refractivity (Wildman–Crippen MR) is 48.6 cm³/mol. The van der Waals surface area contributed by atoms with Crippen molar-refractivity contribution in [2.45, 2.75) is 0 Å². The van der Waals surface area contributed by atoms with E-state index in [1.807, 2.05) is 0 Å². The summed E-state index contributed by atoms with van der Waals surface area (Å²) in [5, 5.41) is 11.0. The van der Waals surface area contributed by atoms with Gasteiger partial charge in [-0.1, -0.05) is 0 Å². The number of rotatable bonds is 3. The SMILES string of the molecule is [NH]c1ccc(C(=O)NCCO)cc1. The molecule has 0 aromatic heterocycles. The number of nitrogens with one attached hydrogen (secondary N) is 2. The van der Waals surface area contributed by atoms with E-state index in [9.17, 15) is 4.79 Å². The molecule has 0 bridgehead atoms. The molecule has 0 saturated heterocycles. The highest BCUT2D eigenvalue weighted by molar-refractivity contribution is 5.94. The summed E-state index contributed by atoms with van der Waals surface area (Å²) in [4.78, 5) is 11.2. The first kappa shape index (κ1) is 9.54. The molecule has 0 unspecified atom stereocenters. The van der Waals surface area contributed by atoms with Crippen molar-refractivity contribution < 1.29 is 9.90 Å². The van der Waals surface area contributed by atoms with Gasteiger partial charge < -0.3 is 16.2 Å². The Morgan fingerprint density at radius 3 is 2.54 bits per heavy atom. The van der Waals surface area contributed by atoms with Crippen LogP contribution in [0.15, 0.2) is 24.3 Å². The van der Waals surface area contributed by atoms with E-state index in [0.717, 1.165) is 0 Å². The summed E-state index contributed by atoms with van der Waals surface area (Å²) in [7, 11) is 0. The highest BCUT2D eigenvalue weighted by Crippen LogP contribution is 2.06. The minimum Gasteiger partial charge on any atom is -0.395 e. The van der Waals surface area contributed by atoms with Crippen molar-refractivity contribution in [1.29, 1.82) is 0 Å². The van der Waals surface area contributed by atoms with Crippen LogP contribution in [0.4, 0.5) is 5.69 Å². The minimum atomic E-state index is -0.228. The van der Waals surface area contributed by atoms with Crippen LogP contribution < -0.4 is 11.1 Å². The molecule has 4 heteroatoms. The summed E-state index contributed by atoms with van der Waals surface area (Å²) in [6.07, 6.45) is 0. The van der Waals surface area contributed by atoms with Gasteiger partial charge in [0.25, 0.3) is 5.91 Å². The van der Waals surface area contributed by atoms with Crippen molar-refractivity contribution in [3.63, 3.8) is 0 Å². The van der Waals surface area contributed by atoms with E-state index in [2.05, 4.69) is 5.32 Å². The van der Waals surface area contributed by atoms with E-state index in [1.165, 1.54) is 0 Å². The lowest BCUT2D eigenvalue weighted by Gasteiger charge is -2.02. The van der Waals surface area contributed by atoms with E-state index in [4.69, 9.17) is 10.8 Å². The fourth-order valence-electron chi connectivity index (χ4n) is 0.893. The standard InChI is InChI=1S/C9H11N2O2/c10-8-3-1-7(2-4-8)9(13)11-5-6-12/h1-4,10,12H,5-6H2,(H,11,13). The second-order valence-electron chi connectivity index (χ2n) is 2.56. The summed E-state index contributed by atoms with van der Waals surface area (Å²) in [5.74, 6) is -0.228. The van der Waals surface area contributed by atoms with E-state index in [-0.39, 0.29) is 19.1 Å². The Hall–Kier alpha value is -1.55. The van der Waals surface area contributed by atoms with Gasteiger partial charge in [0.05, 0.1) is 12.3 Å². The zero-order valence-electron chi connectivity index (χ0n) is 7.08. The third-order valence-electron chi connectivity index (χ3n) is 1.54. The van der Waals surface area contributed by atoms with Gasteiger partial charge in [0.2, 0.25) is 0 Å². The summed E-state index contributed by atoms with van der Waals surface area (Å²) < 4.78 is 0. The van der Waals surface area contributed by atoms with Gasteiger partial charge in [-0.05, 0) is 24.3 Å². The highest BCUT2D eigenvalue weighted by atomic mass is 16.3. The number of hydrogen-bond donors (Lipinski definition) is 2. The van der Waals surface area contributed by atoms with Crippen molar-refractivity contribution in [3.8, 4) is 0 Å². The molecule has 0 fully saturated rings. The van der Waals surface area contributed by atoms with E-state index < -0.39 is 0 Å². The summed E-state index contributed by atoms with van der Waals surface area (Å²) in [5.41, 5.74) is 8.08. The first-order valence-electron chi connectivity index (χ1n) is 3.95. The maximum atomic E-state index is 11.2. The normalized spacial score (nSPS) is 9.62. The molecule has 1 rings (SSSR count). The van der Waals surface area contributed by atoms with Crippen LogP contribution in [0.5, 0.6) is 0 Å². The molecule has 0 atom stereocenters. The number of aliphatic hydroxyl groups excluding tert-OH is 1. The molecule has 1 aromatic rings. The average molecular weight is 179 g/mol. The van der Waals surface area contributed by atoms with Gasteiger partial charge >= 0.3 is 0 Å². The lowest BCUT2D eigenvalue weighted by atomic mass is 10.2. The first-order valence-corrected chi connectivity index (χ1v) is 3.95. The number of aliphatic hydroxyl groups is 1. The Labute approximate surface area is 76.4 Å². The van der Waals surface area contributed by atoms with Gasteiger partial charge in [-0.2, -0.15) is 0 Å². The van der Waals surface area contributed by atoms with Crippen LogP contribution in [0.2, 0.25) is 0 Å². The fourth-order valence-corrected chi connectivity index (χ4v) is 0.893. The van der Waals surface area contributed by atoms with Crippen LogP contribution in [0.25, 0.3) is 0 Å². The number of carbonyl (C=O) groups is 1.